The highest BCUT2D eigenvalue weighted by atomic mass is 16.5. The molecule has 5 heteroatoms. The Morgan fingerprint density at radius 3 is 2.42 bits per heavy atom. The Morgan fingerprint density at radius 1 is 1.21 bits per heavy atom. The summed E-state index contributed by atoms with van der Waals surface area (Å²) in [5.41, 5.74) is 2.87. The number of rotatable bonds is 6. The zero-order chi connectivity index (χ0) is 13.6. The molecule has 2 saturated heterocycles. The minimum Gasteiger partial charge on any atom is -0.381 e. The van der Waals surface area contributed by atoms with E-state index in [1.807, 2.05) is 0 Å². The molecule has 1 atom stereocenters. The highest BCUT2D eigenvalue weighted by Crippen LogP contribution is 2.33. The molecule has 2 fully saturated rings. The molecule has 0 amide bonds. The number of nitrogens with one attached hydrogen (secondary N) is 1. The Hall–Kier alpha value is -0.200. The van der Waals surface area contributed by atoms with Gasteiger partial charge in [0.2, 0.25) is 0 Å². The van der Waals surface area contributed by atoms with E-state index in [4.69, 9.17) is 20.1 Å². The van der Waals surface area contributed by atoms with Crippen LogP contribution in [0.2, 0.25) is 0 Å². The van der Waals surface area contributed by atoms with Gasteiger partial charge in [-0.05, 0) is 32.1 Å². The quantitative estimate of drug-likeness (QED) is 0.562. The molecule has 112 valence electrons. The summed E-state index contributed by atoms with van der Waals surface area (Å²) in [6, 6.07) is 0.208. The Balaban J connectivity index is 1.98. The minimum atomic E-state index is -0.153. The van der Waals surface area contributed by atoms with Crippen molar-refractivity contribution >= 4 is 0 Å². The Kier molecular flexibility index (Phi) is 6.04. The van der Waals surface area contributed by atoms with Crippen LogP contribution in [0.1, 0.15) is 39.0 Å². The zero-order valence-electron chi connectivity index (χ0n) is 12.0. The molecule has 0 aliphatic carbocycles. The monoisotopic (exact) mass is 272 g/mol. The summed E-state index contributed by atoms with van der Waals surface area (Å²) in [6.45, 7) is 6.09. The van der Waals surface area contributed by atoms with E-state index in [1.165, 1.54) is 0 Å². The first-order valence-electron chi connectivity index (χ1n) is 7.56. The summed E-state index contributed by atoms with van der Waals surface area (Å²) in [5, 5.41) is 0. The average molecular weight is 272 g/mol. The Morgan fingerprint density at radius 2 is 1.84 bits per heavy atom. The van der Waals surface area contributed by atoms with Crippen molar-refractivity contribution in [2.24, 2.45) is 11.8 Å². The molecule has 2 rings (SSSR count). The van der Waals surface area contributed by atoms with E-state index in [0.29, 0.717) is 5.92 Å². The highest BCUT2D eigenvalue weighted by molar-refractivity contribution is 4.95. The molecule has 2 aliphatic rings. The molecule has 0 aromatic carbocycles. The van der Waals surface area contributed by atoms with E-state index in [-0.39, 0.29) is 11.6 Å². The van der Waals surface area contributed by atoms with Crippen molar-refractivity contribution < 1.29 is 14.2 Å². The molecule has 1 unspecified atom stereocenters. The van der Waals surface area contributed by atoms with E-state index in [9.17, 15) is 0 Å². The lowest BCUT2D eigenvalue weighted by molar-refractivity contribution is -0.131. The fourth-order valence-electron chi connectivity index (χ4n) is 3.35. The lowest BCUT2D eigenvalue weighted by Gasteiger charge is -2.44. The van der Waals surface area contributed by atoms with Crippen molar-refractivity contribution in [3.05, 3.63) is 0 Å². The molecule has 0 aromatic heterocycles. The summed E-state index contributed by atoms with van der Waals surface area (Å²) in [4.78, 5) is 0. The predicted molar refractivity (Wildman–Crippen MR) is 73.7 cm³/mol. The van der Waals surface area contributed by atoms with Gasteiger partial charge in [-0.2, -0.15) is 0 Å². The van der Waals surface area contributed by atoms with E-state index in [1.54, 1.807) is 0 Å². The van der Waals surface area contributed by atoms with Gasteiger partial charge in [0.25, 0.3) is 0 Å². The van der Waals surface area contributed by atoms with E-state index in [2.05, 4.69) is 12.3 Å². The van der Waals surface area contributed by atoms with E-state index < -0.39 is 0 Å². The molecular weight excluding hydrogens is 244 g/mol. The van der Waals surface area contributed by atoms with Crippen molar-refractivity contribution in [3.8, 4) is 0 Å². The molecule has 2 aliphatic heterocycles. The Labute approximate surface area is 116 Å². The maximum atomic E-state index is 6.11. The van der Waals surface area contributed by atoms with Crippen LogP contribution in [0, 0.1) is 5.92 Å². The van der Waals surface area contributed by atoms with Crippen molar-refractivity contribution in [1.82, 2.24) is 5.43 Å². The van der Waals surface area contributed by atoms with Gasteiger partial charge in [0.15, 0.2) is 0 Å². The normalized spacial score (nSPS) is 26.2. The number of hydrogen-bond acceptors (Lipinski definition) is 5. The topological polar surface area (TPSA) is 65.7 Å². The van der Waals surface area contributed by atoms with E-state index in [0.717, 1.165) is 65.1 Å². The first kappa shape index (κ1) is 15.2. The smallest absolute Gasteiger partial charge is 0.0891 e. The van der Waals surface area contributed by atoms with Gasteiger partial charge in [0.1, 0.15) is 0 Å². The van der Waals surface area contributed by atoms with Gasteiger partial charge in [-0.15, -0.1) is 0 Å². The third-order valence-electron chi connectivity index (χ3n) is 4.52. The fourth-order valence-corrected chi connectivity index (χ4v) is 3.35. The predicted octanol–water partition coefficient (Wildman–Crippen LogP) is 1.22. The molecule has 2 heterocycles. The zero-order valence-corrected chi connectivity index (χ0v) is 12.0. The lowest BCUT2D eigenvalue weighted by Crippen LogP contribution is -2.58. The molecule has 3 N–H and O–H groups in total. The first-order chi connectivity index (χ1) is 9.30. The van der Waals surface area contributed by atoms with Crippen LogP contribution in [-0.2, 0) is 14.2 Å². The van der Waals surface area contributed by atoms with Crippen molar-refractivity contribution in [2.75, 3.05) is 33.0 Å². The van der Waals surface area contributed by atoms with Gasteiger partial charge in [0.05, 0.1) is 11.6 Å². The van der Waals surface area contributed by atoms with Crippen LogP contribution in [0.3, 0.4) is 0 Å². The summed E-state index contributed by atoms with van der Waals surface area (Å²) >= 11 is 0. The summed E-state index contributed by atoms with van der Waals surface area (Å²) in [5.74, 6) is 6.52. The van der Waals surface area contributed by atoms with Crippen molar-refractivity contribution in [3.63, 3.8) is 0 Å². The van der Waals surface area contributed by atoms with Gasteiger partial charge in [-0.1, -0.05) is 0 Å². The summed E-state index contributed by atoms with van der Waals surface area (Å²) in [6.07, 6.45) is 5.20. The van der Waals surface area contributed by atoms with Crippen molar-refractivity contribution in [1.29, 1.82) is 0 Å². The summed E-state index contributed by atoms with van der Waals surface area (Å²) in [7, 11) is 0. The van der Waals surface area contributed by atoms with Gasteiger partial charge >= 0.3 is 0 Å². The second-order valence-electron chi connectivity index (χ2n) is 5.62. The molecule has 0 spiro atoms. The molecule has 0 bridgehead atoms. The SMILES string of the molecule is CCOC1(C(CC2CCOCC2)NN)CCOCC1. The van der Waals surface area contributed by atoms with E-state index >= 15 is 0 Å². The highest BCUT2D eigenvalue weighted by Gasteiger charge is 2.41. The van der Waals surface area contributed by atoms with Crippen LogP contribution in [0.25, 0.3) is 0 Å². The van der Waals surface area contributed by atoms with Gasteiger partial charge < -0.3 is 14.2 Å². The van der Waals surface area contributed by atoms with Crippen LogP contribution in [-0.4, -0.2) is 44.7 Å². The molecule has 5 nitrogen and oxygen atoms in total. The second kappa shape index (κ2) is 7.55. The fraction of sp³-hybridized carbons (Fsp3) is 1.00. The third kappa shape index (κ3) is 3.89. The van der Waals surface area contributed by atoms with Crippen LogP contribution in [0.4, 0.5) is 0 Å². The largest absolute Gasteiger partial charge is 0.381 e. The second-order valence-corrected chi connectivity index (χ2v) is 5.62. The molecule has 19 heavy (non-hydrogen) atoms. The van der Waals surface area contributed by atoms with Crippen LogP contribution >= 0.6 is 0 Å². The molecule has 0 radical (unpaired) electrons. The maximum Gasteiger partial charge on any atom is 0.0891 e. The standard InChI is InChI=1S/C14H28N2O3/c1-2-19-14(5-9-18-10-6-14)13(16-15)11-12-3-7-17-8-4-12/h12-13,16H,2-11,15H2,1H3. The molecular formula is C14H28N2O3. The molecule has 0 saturated carbocycles. The van der Waals surface area contributed by atoms with Crippen molar-refractivity contribution in [2.45, 2.75) is 50.7 Å². The number of ether oxygens (including phenoxy) is 3. The van der Waals surface area contributed by atoms with Gasteiger partial charge in [-0.25, -0.2) is 0 Å². The molecule has 0 aromatic rings. The summed E-state index contributed by atoms with van der Waals surface area (Å²) < 4.78 is 17.0. The van der Waals surface area contributed by atoms with Crippen LogP contribution in [0.5, 0.6) is 0 Å². The number of hydrazine groups is 1. The third-order valence-corrected chi connectivity index (χ3v) is 4.52. The number of hydrogen-bond donors (Lipinski definition) is 2. The lowest BCUT2D eigenvalue weighted by atomic mass is 9.79. The van der Waals surface area contributed by atoms with Crippen LogP contribution in [0.15, 0.2) is 0 Å². The van der Waals surface area contributed by atoms with Gasteiger partial charge in [0, 0.05) is 45.9 Å². The Bertz CT molecular complexity index is 246. The number of nitrogens with two attached hydrogens (primary N) is 1. The minimum absolute atomic E-state index is 0.153. The maximum absolute atomic E-state index is 6.11. The first-order valence-corrected chi connectivity index (χ1v) is 7.56. The van der Waals surface area contributed by atoms with Crippen LogP contribution < -0.4 is 11.3 Å². The van der Waals surface area contributed by atoms with Gasteiger partial charge in [-0.3, -0.25) is 11.3 Å². The average Bonchev–Trinajstić information content (AvgIpc) is 2.47.